The Hall–Kier alpha value is -2.58. The Bertz CT molecular complexity index is 874. The van der Waals surface area contributed by atoms with Crippen LogP contribution in [0.2, 0.25) is 0 Å². The third-order valence-electron chi connectivity index (χ3n) is 5.04. The number of nitrogens with zero attached hydrogens (tertiary/aromatic N) is 2. The molecule has 3 heterocycles. The molecule has 4 rings (SSSR count). The number of thioether (sulfide) groups is 1. The molecule has 146 valence electrons. The number of aliphatic hydroxyl groups is 1. The van der Waals surface area contributed by atoms with Crippen LogP contribution in [0.4, 0.5) is 0 Å². The number of aliphatic carboxylic acids is 1. The van der Waals surface area contributed by atoms with Gasteiger partial charge in [-0.15, -0.1) is 0 Å². The summed E-state index contributed by atoms with van der Waals surface area (Å²) in [7, 11) is 0. The molecule has 2 aliphatic heterocycles. The quantitative estimate of drug-likeness (QED) is 0.556. The van der Waals surface area contributed by atoms with Crippen LogP contribution in [0.1, 0.15) is 12.5 Å². The topological polar surface area (TPSA) is 91.0 Å². The van der Waals surface area contributed by atoms with Crippen LogP contribution in [0.3, 0.4) is 0 Å². The summed E-state index contributed by atoms with van der Waals surface area (Å²) >= 11 is 1.28. The van der Waals surface area contributed by atoms with Crippen LogP contribution in [0.5, 0.6) is 5.75 Å². The number of amides is 1. The lowest BCUT2D eigenvalue weighted by molar-refractivity contribution is -0.688. The third kappa shape index (κ3) is 3.33. The van der Waals surface area contributed by atoms with Crippen molar-refractivity contribution in [2.24, 2.45) is 5.92 Å². The van der Waals surface area contributed by atoms with Crippen LogP contribution in [0, 0.1) is 5.92 Å². The lowest BCUT2D eigenvalue weighted by Gasteiger charge is -2.44. The van der Waals surface area contributed by atoms with Crippen LogP contribution in [0.25, 0.3) is 0 Å². The number of carbonyl (C=O) groups is 2. The Balaban J connectivity index is 1.46. The summed E-state index contributed by atoms with van der Waals surface area (Å²) < 4.78 is 7.96. The number of fused-ring (bicyclic) bond motifs is 1. The standard InChI is InChI=1S/C20H20N2O5S/c1-12(23)15-17(24)22-16(19(25)26)20(28-18(15)22)27-14-7-5-13(6-8-14)11-21-9-3-2-4-10-21/h2-10,12,15-16,18,20,23H,11H2,1H3/p+1/t12-,15+,16?,18-,20?/m1/s1. The molecule has 5 atom stereocenters. The Morgan fingerprint density at radius 3 is 2.54 bits per heavy atom. The second kappa shape index (κ2) is 7.44. The number of carboxylic acids is 1. The first kappa shape index (κ1) is 18.8. The van der Waals surface area contributed by atoms with E-state index in [1.807, 2.05) is 54.9 Å². The van der Waals surface area contributed by atoms with Crippen LogP contribution in [-0.4, -0.2) is 49.9 Å². The van der Waals surface area contributed by atoms with Crippen LogP contribution in [0.15, 0.2) is 54.9 Å². The van der Waals surface area contributed by atoms with E-state index in [0.29, 0.717) is 5.75 Å². The molecule has 0 radical (unpaired) electrons. The molecule has 0 bridgehead atoms. The molecule has 2 aliphatic rings. The van der Waals surface area contributed by atoms with Gasteiger partial charge in [0.2, 0.25) is 5.91 Å². The van der Waals surface area contributed by atoms with E-state index in [1.54, 1.807) is 6.92 Å². The Labute approximate surface area is 166 Å². The average molecular weight is 401 g/mol. The number of hydrogen-bond acceptors (Lipinski definition) is 5. The van der Waals surface area contributed by atoms with E-state index in [0.717, 1.165) is 12.1 Å². The monoisotopic (exact) mass is 401 g/mol. The molecule has 0 saturated carbocycles. The Morgan fingerprint density at radius 2 is 1.93 bits per heavy atom. The molecule has 1 aromatic carbocycles. The smallest absolute Gasteiger partial charge is 0.331 e. The van der Waals surface area contributed by atoms with Crippen molar-refractivity contribution in [3.63, 3.8) is 0 Å². The zero-order valence-electron chi connectivity index (χ0n) is 15.2. The number of carboxylic acid groups (broad SMARTS) is 1. The van der Waals surface area contributed by atoms with Gasteiger partial charge < -0.3 is 19.8 Å². The molecule has 1 aromatic heterocycles. The predicted octanol–water partition coefficient (Wildman–Crippen LogP) is 1.09. The number of pyridine rings is 1. The molecule has 1 amide bonds. The lowest BCUT2D eigenvalue weighted by atomic mass is 9.91. The van der Waals surface area contributed by atoms with Crippen molar-refractivity contribution in [1.82, 2.24) is 4.90 Å². The minimum atomic E-state index is -1.10. The third-order valence-corrected chi connectivity index (χ3v) is 6.46. The largest absolute Gasteiger partial charge is 0.480 e. The van der Waals surface area contributed by atoms with Crippen molar-refractivity contribution in [3.05, 3.63) is 60.4 Å². The van der Waals surface area contributed by atoms with Crippen LogP contribution < -0.4 is 9.30 Å². The molecule has 0 aliphatic carbocycles. The number of benzene rings is 1. The maximum absolute atomic E-state index is 12.2. The van der Waals surface area contributed by atoms with Gasteiger partial charge in [0, 0.05) is 17.7 Å². The van der Waals surface area contributed by atoms with Crippen molar-refractivity contribution in [2.75, 3.05) is 0 Å². The first-order valence-electron chi connectivity index (χ1n) is 9.04. The number of aliphatic hydroxyl groups excluding tert-OH is 1. The second-order valence-corrected chi connectivity index (χ2v) is 8.22. The molecule has 2 N–H and O–H groups in total. The van der Waals surface area contributed by atoms with Crippen molar-refractivity contribution < 1.29 is 29.1 Å². The minimum Gasteiger partial charge on any atom is -0.480 e. The lowest BCUT2D eigenvalue weighted by Crippen LogP contribution is -2.64. The highest BCUT2D eigenvalue weighted by atomic mass is 32.2. The molecule has 2 aromatic rings. The highest BCUT2D eigenvalue weighted by Gasteiger charge is 2.63. The molecule has 8 heteroatoms. The maximum Gasteiger partial charge on any atom is 0.331 e. The van der Waals surface area contributed by atoms with Crippen LogP contribution in [-0.2, 0) is 16.1 Å². The number of hydrogen-bond donors (Lipinski definition) is 2. The van der Waals surface area contributed by atoms with Gasteiger partial charge in [-0.1, -0.05) is 17.8 Å². The van der Waals surface area contributed by atoms with Crippen molar-refractivity contribution >= 4 is 23.6 Å². The van der Waals surface area contributed by atoms with E-state index < -0.39 is 29.5 Å². The zero-order valence-corrected chi connectivity index (χ0v) is 16.0. The molecule has 2 fully saturated rings. The van der Waals surface area contributed by atoms with Gasteiger partial charge in [0.25, 0.3) is 0 Å². The fourth-order valence-electron chi connectivity index (χ4n) is 3.63. The normalized spacial score (nSPS) is 27.1. The number of rotatable bonds is 6. The summed E-state index contributed by atoms with van der Waals surface area (Å²) in [5, 5.41) is 19.0. The maximum atomic E-state index is 12.2. The fraction of sp³-hybridized carbons (Fsp3) is 0.350. The van der Waals surface area contributed by atoms with Gasteiger partial charge in [0.05, 0.1) is 17.4 Å². The van der Waals surface area contributed by atoms with Gasteiger partial charge in [-0.3, -0.25) is 4.79 Å². The van der Waals surface area contributed by atoms with E-state index in [9.17, 15) is 19.8 Å². The van der Waals surface area contributed by atoms with Gasteiger partial charge in [-0.05, 0) is 31.2 Å². The van der Waals surface area contributed by atoms with Gasteiger partial charge in [0.1, 0.15) is 5.75 Å². The Morgan fingerprint density at radius 1 is 1.25 bits per heavy atom. The van der Waals surface area contributed by atoms with E-state index >= 15 is 0 Å². The molecule has 28 heavy (non-hydrogen) atoms. The number of aromatic nitrogens is 1. The van der Waals surface area contributed by atoms with E-state index in [-0.39, 0.29) is 11.3 Å². The highest BCUT2D eigenvalue weighted by Crippen LogP contribution is 2.49. The fourth-order valence-corrected chi connectivity index (χ4v) is 5.35. The summed E-state index contributed by atoms with van der Waals surface area (Å²) in [6.07, 6.45) is 3.15. The number of β-lactam (4-membered cyclic amide) rings is 1. The SMILES string of the molecule is C[C@@H](O)[C@H]1C(=O)N2C(C(=O)O)C(Oc3ccc(C[n+]4ccccc4)cc3)S[C@H]12. The van der Waals surface area contributed by atoms with Gasteiger partial charge in [0.15, 0.2) is 30.4 Å². The average Bonchev–Trinajstić information content (AvgIpc) is 2.98. The van der Waals surface area contributed by atoms with Gasteiger partial charge >= 0.3 is 5.97 Å². The summed E-state index contributed by atoms with van der Waals surface area (Å²) in [5.74, 6) is -1.46. The van der Waals surface area contributed by atoms with Crippen LogP contribution >= 0.6 is 11.8 Å². The van der Waals surface area contributed by atoms with Crippen molar-refractivity contribution in [2.45, 2.75) is 36.4 Å². The zero-order chi connectivity index (χ0) is 19.8. The van der Waals surface area contributed by atoms with E-state index in [1.165, 1.54) is 16.7 Å². The first-order chi connectivity index (χ1) is 13.5. The number of carbonyl (C=O) groups excluding carboxylic acids is 1. The van der Waals surface area contributed by atoms with Crippen molar-refractivity contribution in [1.29, 1.82) is 0 Å². The van der Waals surface area contributed by atoms with Gasteiger partial charge in [-0.25, -0.2) is 9.36 Å². The molecule has 7 nitrogen and oxygen atoms in total. The summed E-state index contributed by atoms with van der Waals surface area (Å²) in [4.78, 5) is 25.3. The molecule has 2 saturated heterocycles. The number of ether oxygens (including phenoxy) is 1. The molecular formula is C20H21N2O5S+. The summed E-state index contributed by atoms with van der Waals surface area (Å²) in [5.41, 5.74) is 0.370. The summed E-state index contributed by atoms with van der Waals surface area (Å²) in [6, 6.07) is 12.3. The van der Waals surface area contributed by atoms with E-state index in [4.69, 9.17) is 4.74 Å². The predicted molar refractivity (Wildman–Crippen MR) is 101 cm³/mol. The Kier molecular flexibility index (Phi) is 4.99. The van der Waals surface area contributed by atoms with E-state index in [2.05, 4.69) is 4.57 Å². The first-order valence-corrected chi connectivity index (χ1v) is 9.98. The highest BCUT2D eigenvalue weighted by molar-refractivity contribution is 8.00. The molecule has 2 unspecified atom stereocenters. The second-order valence-electron chi connectivity index (χ2n) is 7.00. The van der Waals surface area contributed by atoms with Crippen molar-refractivity contribution in [3.8, 4) is 5.75 Å². The molecular weight excluding hydrogens is 380 g/mol. The minimum absolute atomic E-state index is 0.332. The van der Waals surface area contributed by atoms with Gasteiger partial charge in [-0.2, -0.15) is 0 Å². The molecule has 0 spiro atoms. The summed E-state index contributed by atoms with van der Waals surface area (Å²) in [6.45, 7) is 2.27.